The number of fused-ring (bicyclic) bond motifs is 1. The van der Waals surface area contributed by atoms with E-state index in [-0.39, 0.29) is 23.7 Å². The number of amides is 2. The van der Waals surface area contributed by atoms with E-state index in [2.05, 4.69) is 0 Å². The lowest BCUT2D eigenvalue weighted by Crippen LogP contribution is -3.09. The third kappa shape index (κ3) is 3.39. The van der Waals surface area contributed by atoms with Gasteiger partial charge in [0.05, 0.1) is 28.9 Å². The molecule has 1 aromatic rings. The molecule has 23 heavy (non-hydrogen) atoms. The number of nitrogens with zero attached hydrogens (tertiary/aromatic N) is 1. The fourth-order valence-electron chi connectivity index (χ4n) is 3.71. The quantitative estimate of drug-likeness (QED) is 0.840. The standard InChI is InChI=1S/C17H20Cl2N2O2/c1-20(9-11-6-7-14(18)15(19)8-11)10-21-16(22)12-4-2-3-5-13(12)17(21)23/h6-8,12-13H,2-5,9-10H2,1H3/p+1/t12-,13+. The Morgan fingerprint density at radius 3 is 2.26 bits per heavy atom. The fraction of sp³-hybridized carbons (Fsp3) is 0.529. The maximum absolute atomic E-state index is 12.5. The highest BCUT2D eigenvalue weighted by atomic mass is 35.5. The molecule has 2 amide bonds. The SMILES string of the molecule is C[NH+](Cc1ccc(Cl)c(Cl)c1)CN1C(=O)[C@H]2CCCC[C@H]2C1=O. The molecule has 4 nitrogen and oxygen atoms in total. The molecule has 1 aliphatic carbocycles. The maximum atomic E-state index is 12.5. The van der Waals surface area contributed by atoms with Gasteiger partial charge in [0.1, 0.15) is 6.54 Å². The van der Waals surface area contributed by atoms with Gasteiger partial charge in [-0.25, -0.2) is 4.90 Å². The number of hydrogen-bond acceptors (Lipinski definition) is 2. The smallest absolute Gasteiger partial charge is 0.237 e. The van der Waals surface area contributed by atoms with Crippen molar-refractivity contribution >= 4 is 35.0 Å². The Balaban J connectivity index is 1.65. The predicted molar refractivity (Wildman–Crippen MR) is 89.2 cm³/mol. The summed E-state index contributed by atoms with van der Waals surface area (Å²) in [6.45, 7) is 1.09. The number of hydrogen-bond donors (Lipinski definition) is 1. The zero-order valence-corrected chi connectivity index (χ0v) is 14.7. The van der Waals surface area contributed by atoms with Gasteiger partial charge in [0.2, 0.25) is 11.8 Å². The summed E-state index contributed by atoms with van der Waals surface area (Å²) in [5, 5.41) is 1.05. The molecule has 2 fully saturated rings. The molecule has 124 valence electrons. The lowest BCUT2D eigenvalue weighted by molar-refractivity contribution is -0.901. The van der Waals surface area contributed by atoms with Crippen LogP contribution >= 0.6 is 23.2 Å². The molecule has 0 bridgehead atoms. The van der Waals surface area contributed by atoms with Gasteiger partial charge in [0, 0.05) is 5.56 Å². The molecule has 1 saturated carbocycles. The second kappa shape index (κ2) is 6.80. The van der Waals surface area contributed by atoms with Crippen LogP contribution in [0.5, 0.6) is 0 Å². The minimum Gasteiger partial charge on any atom is -0.316 e. The summed E-state index contributed by atoms with van der Waals surface area (Å²) in [6, 6.07) is 5.53. The Hall–Kier alpha value is -1.10. The van der Waals surface area contributed by atoms with Crippen molar-refractivity contribution in [3.8, 4) is 0 Å². The number of halogens is 2. The van der Waals surface area contributed by atoms with E-state index >= 15 is 0 Å². The van der Waals surface area contributed by atoms with Gasteiger partial charge in [0.15, 0.2) is 6.67 Å². The van der Waals surface area contributed by atoms with Crippen molar-refractivity contribution in [3.63, 3.8) is 0 Å². The number of imide groups is 1. The molecule has 6 heteroatoms. The maximum Gasteiger partial charge on any atom is 0.237 e. The van der Waals surface area contributed by atoms with Crippen molar-refractivity contribution in [2.75, 3.05) is 13.7 Å². The van der Waals surface area contributed by atoms with Gasteiger partial charge in [-0.15, -0.1) is 0 Å². The molecule has 0 spiro atoms. The van der Waals surface area contributed by atoms with Crippen LogP contribution in [0.3, 0.4) is 0 Å². The first kappa shape index (κ1) is 16.7. The molecular weight excluding hydrogens is 335 g/mol. The number of benzene rings is 1. The van der Waals surface area contributed by atoms with Gasteiger partial charge in [-0.05, 0) is 25.0 Å². The molecule has 3 rings (SSSR count). The number of rotatable bonds is 4. The molecule has 1 saturated heterocycles. The lowest BCUT2D eigenvalue weighted by atomic mass is 9.81. The number of likely N-dealkylation sites (tertiary alicyclic amines) is 1. The van der Waals surface area contributed by atoms with Crippen LogP contribution in [0.4, 0.5) is 0 Å². The summed E-state index contributed by atoms with van der Waals surface area (Å²) in [5.41, 5.74) is 1.04. The summed E-state index contributed by atoms with van der Waals surface area (Å²) < 4.78 is 0. The molecule has 1 N–H and O–H groups in total. The van der Waals surface area contributed by atoms with Gasteiger partial charge in [-0.1, -0.05) is 42.1 Å². The largest absolute Gasteiger partial charge is 0.316 e. The van der Waals surface area contributed by atoms with Crippen molar-refractivity contribution in [1.82, 2.24) is 4.90 Å². The number of carbonyl (C=O) groups is 2. The monoisotopic (exact) mass is 355 g/mol. The Labute approximate surface area is 146 Å². The third-order valence-corrected chi connectivity index (χ3v) is 5.59. The molecule has 2 aliphatic rings. The summed E-state index contributed by atoms with van der Waals surface area (Å²) in [5.74, 6) is -0.107. The third-order valence-electron chi connectivity index (χ3n) is 4.85. The van der Waals surface area contributed by atoms with Gasteiger partial charge < -0.3 is 4.90 Å². The summed E-state index contributed by atoms with van der Waals surface area (Å²) in [7, 11) is 1.98. The fourth-order valence-corrected chi connectivity index (χ4v) is 4.03. The van der Waals surface area contributed by atoms with E-state index < -0.39 is 0 Å². The van der Waals surface area contributed by atoms with Gasteiger partial charge in [0.25, 0.3) is 0 Å². The van der Waals surface area contributed by atoms with E-state index in [1.54, 1.807) is 6.07 Å². The van der Waals surface area contributed by atoms with Crippen LogP contribution in [-0.4, -0.2) is 30.4 Å². The Kier molecular flexibility index (Phi) is 4.95. The predicted octanol–water partition coefficient (Wildman–Crippen LogP) is 2.14. The highest BCUT2D eigenvalue weighted by Gasteiger charge is 2.48. The van der Waals surface area contributed by atoms with Crippen LogP contribution in [0, 0.1) is 11.8 Å². The van der Waals surface area contributed by atoms with Crippen LogP contribution in [0.1, 0.15) is 31.2 Å². The zero-order valence-electron chi connectivity index (χ0n) is 13.1. The first-order valence-electron chi connectivity index (χ1n) is 8.08. The lowest BCUT2D eigenvalue weighted by Gasteiger charge is -2.20. The summed E-state index contributed by atoms with van der Waals surface area (Å²) >= 11 is 12.0. The van der Waals surface area contributed by atoms with E-state index in [4.69, 9.17) is 23.2 Å². The van der Waals surface area contributed by atoms with Crippen LogP contribution in [0.15, 0.2) is 18.2 Å². The minimum absolute atomic E-state index is 0.0215. The van der Waals surface area contributed by atoms with Crippen molar-refractivity contribution in [1.29, 1.82) is 0 Å². The van der Waals surface area contributed by atoms with Gasteiger partial charge in [-0.3, -0.25) is 9.59 Å². The average molecular weight is 356 g/mol. The zero-order chi connectivity index (χ0) is 16.6. The van der Waals surface area contributed by atoms with Crippen LogP contribution < -0.4 is 4.90 Å². The molecule has 0 aromatic heterocycles. The Bertz CT molecular complexity index is 611. The van der Waals surface area contributed by atoms with E-state index in [1.165, 1.54) is 4.90 Å². The minimum atomic E-state index is -0.0750. The van der Waals surface area contributed by atoms with E-state index in [1.807, 2.05) is 19.2 Å². The molecule has 1 aliphatic heterocycles. The molecule has 1 aromatic carbocycles. The topological polar surface area (TPSA) is 41.8 Å². The highest BCUT2D eigenvalue weighted by molar-refractivity contribution is 6.42. The number of quaternary nitrogens is 1. The Morgan fingerprint density at radius 2 is 1.70 bits per heavy atom. The van der Waals surface area contributed by atoms with E-state index in [0.717, 1.165) is 36.1 Å². The molecular formula is C17H21Cl2N2O2+. The van der Waals surface area contributed by atoms with Crippen LogP contribution in [-0.2, 0) is 16.1 Å². The molecule has 0 radical (unpaired) electrons. The van der Waals surface area contributed by atoms with Crippen molar-refractivity contribution in [2.24, 2.45) is 11.8 Å². The first-order valence-corrected chi connectivity index (χ1v) is 8.83. The van der Waals surface area contributed by atoms with Gasteiger partial charge in [-0.2, -0.15) is 0 Å². The van der Waals surface area contributed by atoms with Gasteiger partial charge >= 0.3 is 0 Å². The first-order chi connectivity index (χ1) is 11.0. The van der Waals surface area contributed by atoms with Crippen molar-refractivity contribution in [2.45, 2.75) is 32.2 Å². The van der Waals surface area contributed by atoms with Crippen molar-refractivity contribution < 1.29 is 14.5 Å². The van der Waals surface area contributed by atoms with Crippen LogP contribution in [0.2, 0.25) is 10.0 Å². The summed E-state index contributed by atoms with van der Waals surface area (Å²) in [4.78, 5) is 27.5. The second-order valence-electron chi connectivity index (χ2n) is 6.64. The highest BCUT2D eigenvalue weighted by Crippen LogP contribution is 2.37. The van der Waals surface area contributed by atoms with Crippen LogP contribution in [0.25, 0.3) is 0 Å². The Morgan fingerprint density at radius 1 is 1.09 bits per heavy atom. The second-order valence-corrected chi connectivity index (χ2v) is 7.46. The summed E-state index contributed by atoms with van der Waals surface area (Å²) in [6.07, 6.45) is 3.83. The molecule has 1 unspecified atom stereocenters. The number of carbonyl (C=O) groups excluding carboxylic acids is 2. The van der Waals surface area contributed by atoms with E-state index in [0.29, 0.717) is 23.3 Å². The average Bonchev–Trinajstić information content (AvgIpc) is 2.76. The van der Waals surface area contributed by atoms with Crippen molar-refractivity contribution in [3.05, 3.63) is 33.8 Å². The number of nitrogens with one attached hydrogen (secondary N) is 1. The molecule has 3 atom stereocenters. The van der Waals surface area contributed by atoms with E-state index in [9.17, 15) is 9.59 Å². The normalized spacial score (nSPS) is 25.6. The molecule has 1 heterocycles.